The van der Waals surface area contributed by atoms with Crippen molar-refractivity contribution in [1.82, 2.24) is 14.7 Å². The normalized spacial score (nSPS) is 20.5. The predicted molar refractivity (Wildman–Crippen MR) is 85.8 cm³/mol. The molecule has 1 unspecified atom stereocenters. The Labute approximate surface area is 139 Å². The molecule has 22 heavy (non-hydrogen) atoms. The van der Waals surface area contributed by atoms with E-state index in [2.05, 4.69) is 26.5 Å². The maximum Gasteiger partial charge on any atom is 0.224 e. The van der Waals surface area contributed by atoms with Crippen LogP contribution in [0.1, 0.15) is 12.5 Å². The van der Waals surface area contributed by atoms with E-state index in [1.165, 1.54) is 11.3 Å². The summed E-state index contributed by atoms with van der Waals surface area (Å²) in [6, 6.07) is 0.195. The van der Waals surface area contributed by atoms with Crippen LogP contribution in [0, 0.1) is 0 Å². The topological polar surface area (TPSA) is 90.4 Å². The first-order chi connectivity index (χ1) is 10.6. The summed E-state index contributed by atoms with van der Waals surface area (Å²) in [6.07, 6.45) is 0. The van der Waals surface area contributed by atoms with Crippen molar-refractivity contribution in [2.75, 3.05) is 24.7 Å². The van der Waals surface area contributed by atoms with Crippen molar-refractivity contribution in [3.8, 4) is 0 Å². The van der Waals surface area contributed by atoms with Crippen LogP contribution in [0.3, 0.4) is 0 Å². The minimum absolute atomic E-state index is 0.157. The molecule has 120 valence electrons. The maximum absolute atomic E-state index is 10.7. The van der Waals surface area contributed by atoms with Gasteiger partial charge < -0.3 is 14.2 Å². The van der Waals surface area contributed by atoms with E-state index in [-0.39, 0.29) is 17.9 Å². The molecule has 0 amide bonds. The third-order valence-corrected chi connectivity index (χ3v) is 5.03. The Morgan fingerprint density at radius 1 is 1.64 bits per heavy atom. The largest absolute Gasteiger partial charge is 0.760 e. The molecule has 10 heteroatoms. The molecular formula is C12H14ClN4O3S2-. The van der Waals surface area contributed by atoms with E-state index in [9.17, 15) is 8.76 Å². The second-order valence-electron chi connectivity index (χ2n) is 4.93. The van der Waals surface area contributed by atoms with Gasteiger partial charge in [0.15, 0.2) is 5.82 Å². The van der Waals surface area contributed by atoms with Gasteiger partial charge in [-0.05, 0) is 23.9 Å². The zero-order valence-electron chi connectivity index (χ0n) is 11.7. The van der Waals surface area contributed by atoms with Gasteiger partial charge in [0.05, 0.1) is 29.5 Å². The summed E-state index contributed by atoms with van der Waals surface area (Å²) in [7, 11) is 0. The molecular weight excluding hydrogens is 348 g/mol. The summed E-state index contributed by atoms with van der Waals surface area (Å²) >= 11 is 5.24. The summed E-state index contributed by atoms with van der Waals surface area (Å²) in [4.78, 5) is 10.8. The van der Waals surface area contributed by atoms with Crippen molar-refractivity contribution in [2.24, 2.45) is 0 Å². The van der Waals surface area contributed by atoms with Gasteiger partial charge >= 0.3 is 0 Å². The van der Waals surface area contributed by atoms with Gasteiger partial charge in [0.25, 0.3) is 0 Å². The van der Waals surface area contributed by atoms with Crippen LogP contribution in [0.25, 0.3) is 10.2 Å². The van der Waals surface area contributed by atoms with Gasteiger partial charge in [0.1, 0.15) is 0 Å². The van der Waals surface area contributed by atoms with Crippen LogP contribution in [-0.4, -0.2) is 44.5 Å². The highest BCUT2D eigenvalue weighted by Gasteiger charge is 2.24. The van der Waals surface area contributed by atoms with Crippen LogP contribution >= 0.6 is 22.9 Å². The highest BCUT2D eigenvalue weighted by molar-refractivity contribution is 7.77. The van der Waals surface area contributed by atoms with E-state index in [1.54, 1.807) is 0 Å². The Bertz CT molecular complexity index is 711. The predicted octanol–water partition coefficient (Wildman–Crippen LogP) is 1.45. The standard InChI is InChI=1S/C12H15ClN4O3S2/c1-7-5-20-3-2-17(7)11-10-9(15-12(13)16-11)8(6-21-10)4-14-22(18)19/h6-7,14H,2-5H2,1H3,(H,18,19)/p-1/t7-/m1/s1. The number of ether oxygens (including phenoxy) is 1. The summed E-state index contributed by atoms with van der Waals surface area (Å²) in [6.45, 7) is 4.26. The molecule has 0 saturated carbocycles. The lowest BCUT2D eigenvalue weighted by Crippen LogP contribution is -2.44. The first-order valence-electron chi connectivity index (χ1n) is 6.67. The number of aromatic nitrogens is 2. The average Bonchev–Trinajstić information content (AvgIpc) is 2.88. The Kier molecular flexibility index (Phi) is 4.91. The van der Waals surface area contributed by atoms with Gasteiger partial charge in [-0.1, -0.05) is 0 Å². The van der Waals surface area contributed by atoms with E-state index in [0.717, 1.165) is 22.6 Å². The summed E-state index contributed by atoms with van der Waals surface area (Å²) in [5.41, 5.74) is 1.48. The first-order valence-corrected chi connectivity index (χ1v) is 9.00. The lowest BCUT2D eigenvalue weighted by Gasteiger charge is -2.34. The molecule has 0 radical (unpaired) electrons. The number of thiophene rings is 1. The van der Waals surface area contributed by atoms with Gasteiger partial charge in [-0.3, -0.25) is 4.21 Å². The Morgan fingerprint density at radius 2 is 2.45 bits per heavy atom. The number of hydrogen-bond donors (Lipinski definition) is 1. The van der Waals surface area contributed by atoms with Crippen molar-refractivity contribution >= 4 is 50.2 Å². The van der Waals surface area contributed by atoms with Crippen molar-refractivity contribution in [1.29, 1.82) is 0 Å². The molecule has 0 bridgehead atoms. The van der Waals surface area contributed by atoms with Crippen LogP contribution in [0.5, 0.6) is 0 Å². The van der Waals surface area contributed by atoms with Gasteiger partial charge in [-0.15, -0.1) is 11.3 Å². The number of hydrogen-bond acceptors (Lipinski definition) is 7. The maximum atomic E-state index is 10.7. The molecule has 1 aliphatic heterocycles. The molecule has 3 heterocycles. The van der Waals surface area contributed by atoms with Gasteiger partial charge in [-0.2, -0.15) is 4.98 Å². The number of nitrogens with zero attached hydrogens (tertiary/aromatic N) is 3. The van der Waals surface area contributed by atoms with E-state index in [1.807, 2.05) is 5.38 Å². The lowest BCUT2D eigenvalue weighted by atomic mass is 10.2. The van der Waals surface area contributed by atoms with E-state index in [4.69, 9.17) is 16.3 Å². The van der Waals surface area contributed by atoms with Crippen LogP contribution in [-0.2, 0) is 22.5 Å². The van der Waals surface area contributed by atoms with Crippen LogP contribution in [0.15, 0.2) is 5.38 Å². The number of anilines is 1. The molecule has 1 aliphatic rings. The smallest absolute Gasteiger partial charge is 0.224 e. The molecule has 3 rings (SSSR count). The zero-order chi connectivity index (χ0) is 15.7. The summed E-state index contributed by atoms with van der Waals surface area (Å²) < 4.78 is 30.0. The summed E-state index contributed by atoms with van der Waals surface area (Å²) in [5, 5.41) is 2.04. The molecule has 0 aliphatic carbocycles. The number of nitrogens with one attached hydrogen (secondary N) is 1. The van der Waals surface area contributed by atoms with Crippen molar-refractivity contribution in [3.63, 3.8) is 0 Å². The fourth-order valence-electron chi connectivity index (χ4n) is 2.42. The molecule has 1 saturated heterocycles. The SMILES string of the molecule is C[C@@H]1COCCN1c1nc(Cl)nc2c(CNS(=O)[O-])csc12. The van der Waals surface area contributed by atoms with Crippen LogP contribution in [0.2, 0.25) is 5.28 Å². The number of rotatable bonds is 4. The molecule has 0 aromatic carbocycles. The van der Waals surface area contributed by atoms with Crippen LogP contribution < -0.4 is 9.62 Å². The second-order valence-corrected chi connectivity index (χ2v) is 6.90. The third kappa shape index (κ3) is 3.24. The van der Waals surface area contributed by atoms with Crippen molar-refractivity contribution in [2.45, 2.75) is 19.5 Å². The number of fused-ring (bicyclic) bond motifs is 1. The van der Waals surface area contributed by atoms with E-state index in [0.29, 0.717) is 18.7 Å². The molecule has 7 nitrogen and oxygen atoms in total. The molecule has 2 aromatic heterocycles. The Hall–Kier alpha value is -0.840. The molecule has 2 aromatic rings. The van der Waals surface area contributed by atoms with Crippen molar-refractivity contribution < 1.29 is 13.5 Å². The highest BCUT2D eigenvalue weighted by Crippen LogP contribution is 2.34. The molecule has 1 fully saturated rings. The fraction of sp³-hybridized carbons (Fsp3) is 0.500. The monoisotopic (exact) mass is 361 g/mol. The van der Waals surface area contributed by atoms with Crippen molar-refractivity contribution in [3.05, 3.63) is 16.2 Å². The van der Waals surface area contributed by atoms with Crippen LogP contribution in [0.4, 0.5) is 5.82 Å². The third-order valence-electron chi connectivity index (χ3n) is 3.46. The zero-order valence-corrected chi connectivity index (χ0v) is 14.1. The molecule has 2 atom stereocenters. The number of morpholine rings is 1. The first kappa shape index (κ1) is 16.0. The molecule has 0 spiro atoms. The lowest BCUT2D eigenvalue weighted by molar-refractivity contribution is 0.0987. The van der Waals surface area contributed by atoms with Gasteiger partial charge in [0.2, 0.25) is 5.28 Å². The second kappa shape index (κ2) is 6.73. The van der Waals surface area contributed by atoms with E-state index < -0.39 is 11.3 Å². The average molecular weight is 362 g/mol. The van der Waals surface area contributed by atoms with E-state index >= 15 is 0 Å². The minimum atomic E-state index is -2.31. The highest BCUT2D eigenvalue weighted by atomic mass is 35.5. The van der Waals surface area contributed by atoms with Gasteiger partial charge in [-0.25, -0.2) is 9.71 Å². The molecule has 1 N–H and O–H groups in total. The number of halogens is 1. The Balaban J connectivity index is 2.01. The summed E-state index contributed by atoms with van der Waals surface area (Å²) in [5.74, 6) is 0.783. The van der Waals surface area contributed by atoms with Gasteiger partial charge in [0, 0.05) is 29.9 Å². The fourth-order valence-corrected chi connectivity index (χ4v) is 3.87. The quantitative estimate of drug-likeness (QED) is 0.654. The Morgan fingerprint density at radius 3 is 3.18 bits per heavy atom. The minimum Gasteiger partial charge on any atom is -0.760 e.